The molecule has 2 heterocycles. The molecule has 0 atom stereocenters. The van der Waals surface area contributed by atoms with Crippen molar-refractivity contribution in [3.8, 4) is 11.4 Å². The fourth-order valence-electron chi connectivity index (χ4n) is 2.57. The summed E-state index contributed by atoms with van der Waals surface area (Å²) in [5, 5.41) is 26.8. The van der Waals surface area contributed by atoms with Gasteiger partial charge in [0.25, 0.3) is 5.69 Å². The summed E-state index contributed by atoms with van der Waals surface area (Å²) >= 11 is 1.25. The maximum absolute atomic E-state index is 12.2. The van der Waals surface area contributed by atoms with Gasteiger partial charge in [-0.15, -0.1) is 10.2 Å². The van der Waals surface area contributed by atoms with Crippen LogP contribution in [0.1, 0.15) is 13.8 Å². The normalized spacial score (nSPS) is 10.8. The fourth-order valence-corrected chi connectivity index (χ4v) is 3.37. The van der Waals surface area contributed by atoms with Crippen LogP contribution in [0.3, 0.4) is 0 Å². The first-order valence-electron chi connectivity index (χ1n) is 8.65. The van der Waals surface area contributed by atoms with E-state index >= 15 is 0 Å². The highest BCUT2D eigenvalue weighted by Crippen LogP contribution is 2.24. The van der Waals surface area contributed by atoms with Gasteiger partial charge in [0.2, 0.25) is 5.91 Å². The lowest BCUT2D eigenvalue weighted by molar-refractivity contribution is -0.384. The quantitative estimate of drug-likeness (QED) is 0.350. The van der Waals surface area contributed by atoms with Gasteiger partial charge < -0.3 is 9.88 Å². The van der Waals surface area contributed by atoms with Gasteiger partial charge in [0, 0.05) is 37.1 Å². The number of amides is 1. The lowest BCUT2D eigenvalue weighted by Crippen LogP contribution is -2.14. The summed E-state index contributed by atoms with van der Waals surface area (Å²) in [6, 6.07) is 5.82. The predicted molar refractivity (Wildman–Crippen MR) is 105 cm³/mol. The highest BCUT2D eigenvalue weighted by atomic mass is 32.2. The Kier molecular flexibility index (Phi) is 6.04. The number of carbonyl (C=O) groups excluding carboxylic acids is 1. The number of nitrogens with zero attached hydrogens (tertiary/aromatic N) is 6. The maximum Gasteiger partial charge on any atom is 0.271 e. The Morgan fingerprint density at radius 1 is 1.29 bits per heavy atom. The average Bonchev–Trinajstić information content (AvgIpc) is 3.32. The minimum Gasteiger partial charge on any atom is -0.325 e. The van der Waals surface area contributed by atoms with Crippen LogP contribution in [-0.2, 0) is 17.9 Å². The number of non-ortho nitro benzene ring substituents is 1. The molecule has 1 amide bonds. The van der Waals surface area contributed by atoms with Gasteiger partial charge in [0.15, 0.2) is 11.0 Å². The van der Waals surface area contributed by atoms with E-state index in [0.29, 0.717) is 23.2 Å². The number of aromatic nitrogens is 5. The summed E-state index contributed by atoms with van der Waals surface area (Å²) in [6.07, 6.45) is 3.64. The topological polar surface area (TPSA) is 121 Å². The molecule has 0 aliphatic carbocycles. The zero-order valence-corrected chi connectivity index (χ0v) is 16.2. The first-order chi connectivity index (χ1) is 13.5. The second-order valence-corrected chi connectivity index (χ2v) is 6.72. The second kappa shape index (κ2) is 8.65. The molecule has 0 unspecified atom stereocenters. The molecule has 0 spiro atoms. The minimum absolute atomic E-state index is 0.0755. The number of benzene rings is 1. The molecule has 0 saturated carbocycles. The maximum atomic E-state index is 12.2. The number of nitrogens with one attached hydrogen (secondary N) is 1. The van der Waals surface area contributed by atoms with Crippen molar-refractivity contribution < 1.29 is 9.72 Å². The summed E-state index contributed by atoms with van der Waals surface area (Å²) in [5.74, 6) is 0.523. The molecule has 10 nitrogen and oxygen atoms in total. The third-order valence-corrected chi connectivity index (χ3v) is 4.89. The number of nitro benzene ring substituents is 1. The highest BCUT2D eigenvalue weighted by molar-refractivity contribution is 7.99. The Labute approximate surface area is 165 Å². The van der Waals surface area contributed by atoms with E-state index in [0.717, 1.165) is 12.1 Å². The Morgan fingerprint density at radius 2 is 2.11 bits per heavy atom. The molecule has 28 heavy (non-hydrogen) atoms. The summed E-state index contributed by atoms with van der Waals surface area (Å²) < 4.78 is 3.73. The largest absolute Gasteiger partial charge is 0.325 e. The van der Waals surface area contributed by atoms with Gasteiger partial charge in [-0.2, -0.15) is 5.10 Å². The predicted octanol–water partition coefficient (Wildman–Crippen LogP) is 2.82. The van der Waals surface area contributed by atoms with Gasteiger partial charge >= 0.3 is 0 Å². The molecule has 3 rings (SSSR count). The summed E-state index contributed by atoms with van der Waals surface area (Å²) in [4.78, 5) is 22.5. The summed E-state index contributed by atoms with van der Waals surface area (Å²) in [5.41, 5.74) is 1.17. The van der Waals surface area contributed by atoms with Crippen LogP contribution >= 0.6 is 11.8 Å². The number of hydrogen-bond acceptors (Lipinski definition) is 7. The van der Waals surface area contributed by atoms with Crippen LogP contribution in [0.4, 0.5) is 11.4 Å². The smallest absolute Gasteiger partial charge is 0.271 e. The van der Waals surface area contributed by atoms with Gasteiger partial charge in [-0.25, -0.2) is 0 Å². The van der Waals surface area contributed by atoms with E-state index in [1.54, 1.807) is 12.3 Å². The molecule has 11 heteroatoms. The van der Waals surface area contributed by atoms with E-state index < -0.39 is 4.92 Å². The zero-order chi connectivity index (χ0) is 20.1. The van der Waals surface area contributed by atoms with E-state index in [-0.39, 0.29) is 17.3 Å². The molecule has 0 fully saturated rings. The molecular formula is C17H19N7O3S. The summed E-state index contributed by atoms with van der Waals surface area (Å²) in [7, 11) is 0. The number of rotatable bonds is 8. The van der Waals surface area contributed by atoms with Crippen LogP contribution in [0.2, 0.25) is 0 Å². The standard InChI is InChI=1S/C17H19N7O3S/c1-3-22-10-12(9-18-22)16-20-21-17(23(16)4-2)28-11-15(25)19-13-6-5-7-14(8-13)24(26)27/h5-10H,3-4,11H2,1-2H3,(H,19,25). The van der Waals surface area contributed by atoms with Crippen molar-refractivity contribution in [1.29, 1.82) is 0 Å². The molecule has 0 aliphatic rings. The zero-order valence-electron chi connectivity index (χ0n) is 15.4. The van der Waals surface area contributed by atoms with Gasteiger partial charge in [0.1, 0.15) is 0 Å². The van der Waals surface area contributed by atoms with E-state index in [2.05, 4.69) is 20.6 Å². The van der Waals surface area contributed by atoms with Crippen molar-refractivity contribution in [3.63, 3.8) is 0 Å². The lowest BCUT2D eigenvalue weighted by atomic mass is 10.3. The van der Waals surface area contributed by atoms with E-state index in [9.17, 15) is 14.9 Å². The van der Waals surface area contributed by atoms with Crippen molar-refractivity contribution in [2.45, 2.75) is 32.1 Å². The molecule has 0 saturated heterocycles. The van der Waals surface area contributed by atoms with E-state index in [1.807, 2.05) is 29.3 Å². The van der Waals surface area contributed by atoms with Crippen molar-refractivity contribution in [1.82, 2.24) is 24.5 Å². The Hall–Kier alpha value is -3.21. The molecule has 146 valence electrons. The Balaban J connectivity index is 1.66. The lowest BCUT2D eigenvalue weighted by Gasteiger charge is -2.07. The molecule has 1 N–H and O–H groups in total. The highest BCUT2D eigenvalue weighted by Gasteiger charge is 2.16. The molecule has 1 aromatic carbocycles. The fraction of sp³-hybridized carbons (Fsp3) is 0.294. The number of hydrogen-bond donors (Lipinski definition) is 1. The van der Waals surface area contributed by atoms with Gasteiger partial charge in [-0.1, -0.05) is 17.8 Å². The molecule has 0 radical (unpaired) electrons. The first-order valence-corrected chi connectivity index (χ1v) is 9.63. The van der Waals surface area contributed by atoms with Crippen LogP contribution in [0.15, 0.2) is 41.8 Å². The molecule has 0 aliphatic heterocycles. The third kappa shape index (κ3) is 4.36. The van der Waals surface area contributed by atoms with Crippen LogP contribution in [0.5, 0.6) is 0 Å². The average molecular weight is 401 g/mol. The molecule has 2 aromatic heterocycles. The second-order valence-electron chi connectivity index (χ2n) is 5.78. The third-order valence-electron chi connectivity index (χ3n) is 3.92. The van der Waals surface area contributed by atoms with Crippen LogP contribution in [0, 0.1) is 10.1 Å². The summed E-state index contributed by atoms with van der Waals surface area (Å²) in [6.45, 7) is 5.39. The van der Waals surface area contributed by atoms with E-state index in [1.165, 1.54) is 30.0 Å². The number of aryl methyl sites for hydroxylation is 1. The first kappa shape index (κ1) is 19.5. The Morgan fingerprint density at radius 3 is 2.79 bits per heavy atom. The molecule has 0 bridgehead atoms. The van der Waals surface area contributed by atoms with Gasteiger partial charge in [-0.05, 0) is 19.9 Å². The van der Waals surface area contributed by atoms with Gasteiger partial charge in [-0.3, -0.25) is 19.6 Å². The van der Waals surface area contributed by atoms with Crippen LogP contribution in [0.25, 0.3) is 11.4 Å². The number of nitro groups is 1. The van der Waals surface area contributed by atoms with Crippen molar-refractivity contribution in [2.24, 2.45) is 0 Å². The molecular weight excluding hydrogens is 382 g/mol. The van der Waals surface area contributed by atoms with Crippen molar-refractivity contribution >= 4 is 29.0 Å². The monoisotopic (exact) mass is 401 g/mol. The van der Waals surface area contributed by atoms with Crippen molar-refractivity contribution in [2.75, 3.05) is 11.1 Å². The number of thioether (sulfide) groups is 1. The number of anilines is 1. The van der Waals surface area contributed by atoms with E-state index in [4.69, 9.17) is 0 Å². The minimum atomic E-state index is -0.504. The Bertz CT molecular complexity index is 998. The van der Waals surface area contributed by atoms with Gasteiger partial charge in [0.05, 0.1) is 22.4 Å². The SMILES string of the molecule is CCn1cc(-c2nnc(SCC(=O)Nc3cccc([N+](=O)[O-])c3)n2CC)cn1. The van der Waals surface area contributed by atoms with Crippen LogP contribution in [-0.4, -0.2) is 41.1 Å². The number of carbonyl (C=O) groups is 1. The molecule has 3 aromatic rings. The van der Waals surface area contributed by atoms with Crippen molar-refractivity contribution in [3.05, 3.63) is 46.8 Å². The van der Waals surface area contributed by atoms with Crippen LogP contribution < -0.4 is 5.32 Å².